The first kappa shape index (κ1) is 16.3. The van der Waals surface area contributed by atoms with Crippen molar-refractivity contribution < 1.29 is 14.0 Å². The molecule has 1 aromatic carbocycles. The summed E-state index contributed by atoms with van der Waals surface area (Å²) in [6, 6.07) is 13.8. The lowest BCUT2D eigenvalue weighted by atomic mass is 10.2. The summed E-state index contributed by atoms with van der Waals surface area (Å²) in [6.07, 6.45) is 1.03. The highest BCUT2D eigenvalue weighted by atomic mass is 16.3. The van der Waals surface area contributed by atoms with E-state index in [4.69, 9.17) is 4.42 Å². The minimum atomic E-state index is 0.0751. The number of rotatable bonds is 4. The molecule has 5 heteroatoms. The fraction of sp³-hybridized carbons (Fsp3) is 0.368. The summed E-state index contributed by atoms with van der Waals surface area (Å²) in [7, 11) is 0. The van der Waals surface area contributed by atoms with Crippen molar-refractivity contribution in [2.75, 3.05) is 26.2 Å². The van der Waals surface area contributed by atoms with Gasteiger partial charge in [0, 0.05) is 51.5 Å². The molecule has 2 heterocycles. The largest absolute Gasteiger partial charge is 0.461 e. The van der Waals surface area contributed by atoms with E-state index in [-0.39, 0.29) is 11.8 Å². The highest BCUT2D eigenvalue weighted by Crippen LogP contribution is 2.22. The van der Waals surface area contributed by atoms with E-state index in [1.165, 1.54) is 0 Å². The van der Waals surface area contributed by atoms with E-state index in [0.717, 1.165) is 17.1 Å². The first-order valence-electron chi connectivity index (χ1n) is 8.31. The quantitative estimate of drug-likeness (QED) is 0.868. The smallest absolute Gasteiger partial charge is 0.223 e. The molecule has 0 N–H and O–H groups in total. The van der Waals surface area contributed by atoms with Gasteiger partial charge in [0.1, 0.15) is 11.5 Å². The Balaban J connectivity index is 1.50. The second-order valence-electron chi connectivity index (χ2n) is 6.02. The highest BCUT2D eigenvalue weighted by Gasteiger charge is 2.22. The van der Waals surface area contributed by atoms with Crippen molar-refractivity contribution in [1.29, 1.82) is 0 Å². The van der Waals surface area contributed by atoms with Gasteiger partial charge in [0.2, 0.25) is 11.8 Å². The van der Waals surface area contributed by atoms with Crippen molar-refractivity contribution in [2.45, 2.75) is 19.8 Å². The fourth-order valence-corrected chi connectivity index (χ4v) is 2.93. The lowest BCUT2D eigenvalue weighted by molar-refractivity contribution is -0.138. The van der Waals surface area contributed by atoms with Gasteiger partial charge in [-0.3, -0.25) is 9.59 Å². The van der Waals surface area contributed by atoms with E-state index in [0.29, 0.717) is 39.0 Å². The molecule has 24 heavy (non-hydrogen) atoms. The molecular weight excluding hydrogens is 304 g/mol. The number of hydrogen-bond acceptors (Lipinski definition) is 3. The topological polar surface area (TPSA) is 53.8 Å². The summed E-state index contributed by atoms with van der Waals surface area (Å²) in [5.41, 5.74) is 1.04. The molecule has 0 radical (unpaired) electrons. The Bertz CT molecular complexity index is 700. The molecule has 0 spiro atoms. The van der Waals surface area contributed by atoms with Crippen LogP contribution in [0, 0.1) is 0 Å². The fourth-order valence-electron chi connectivity index (χ4n) is 2.93. The Hall–Kier alpha value is -2.56. The number of nitrogens with zero attached hydrogens (tertiary/aromatic N) is 2. The number of hydrogen-bond donors (Lipinski definition) is 0. The maximum Gasteiger partial charge on any atom is 0.223 e. The Morgan fingerprint density at radius 3 is 2.29 bits per heavy atom. The molecule has 1 aliphatic heterocycles. The molecule has 2 amide bonds. The van der Waals surface area contributed by atoms with Crippen LogP contribution in [0.15, 0.2) is 46.9 Å². The predicted molar refractivity (Wildman–Crippen MR) is 91.3 cm³/mol. The number of amides is 2. The van der Waals surface area contributed by atoms with Gasteiger partial charge in [-0.2, -0.15) is 0 Å². The molecule has 0 atom stereocenters. The van der Waals surface area contributed by atoms with Gasteiger partial charge >= 0.3 is 0 Å². The van der Waals surface area contributed by atoms with Crippen LogP contribution in [-0.4, -0.2) is 47.8 Å². The number of furan rings is 1. The van der Waals surface area contributed by atoms with E-state index in [1.807, 2.05) is 47.4 Å². The number of aryl methyl sites for hydroxylation is 1. The molecule has 2 aromatic rings. The average Bonchev–Trinajstić information content (AvgIpc) is 3.09. The lowest BCUT2D eigenvalue weighted by Crippen LogP contribution is -2.50. The number of carbonyl (C=O) groups is 2. The maximum atomic E-state index is 12.3. The summed E-state index contributed by atoms with van der Waals surface area (Å²) in [5.74, 6) is 1.85. The first-order chi connectivity index (χ1) is 11.6. The molecular formula is C19H22N2O3. The number of piperazine rings is 1. The zero-order valence-corrected chi connectivity index (χ0v) is 13.9. The van der Waals surface area contributed by atoms with Crippen LogP contribution in [0.2, 0.25) is 0 Å². The molecule has 0 saturated carbocycles. The summed E-state index contributed by atoms with van der Waals surface area (Å²) < 4.78 is 5.83. The average molecular weight is 326 g/mol. The van der Waals surface area contributed by atoms with Crippen LogP contribution in [0.3, 0.4) is 0 Å². The van der Waals surface area contributed by atoms with E-state index >= 15 is 0 Å². The monoisotopic (exact) mass is 326 g/mol. The molecule has 3 rings (SSSR count). The Morgan fingerprint density at radius 1 is 0.958 bits per heavy atom. The van der Waals surface area contributed by atoms with Crippen LogP contribution >= 0.6 is 0 Å². The minimum Gasteiger partial charge on any atom is -0.461 e. The highest BCUT2D eigenvalue weighted by molar-refractivity contribution is 5.77. The van der Waals surface area contributed by atoms with Gasteiger partial charge in [0.15, 0.2) is 0 Å². The van der Waals surface area contributed by atoms with Gasteiger partial charge in [-0.1, -0.05) is 30.3 Å². The molecule has 1 aromatic heterocycles. The van der Waals surface area contributed by atoms with Gasteiger partial charge in [0.25, 0.3) is 0 Å². The van der Waals surface area contributed by atoms with E-state index in [2.05, 4.69) is 0 Å². The second kappa shape index (κ2) is 7.34. The molecule has 1 aliphatic rings. The van der Waals surface area contributed by atoms with Gasteiger partial charge in [0.05, 0.1) is 0 Å². The van der Waals surface area contributed by atoms with Crippen LogP contribution in [0.1, 0.15) is 19.1 Å². The van der Waals surface area contributed by atoms with Crippen molar-refractivity contribution in [2.24, 2.45) is 0 Å². The SMILES string of the molecule is CC(=O)N1CCN(C(=O)CCc2ccc(-c3ccccc3)o2)CC1. The number of benzene rings is 1. The summed E-state index contributed by atoms with van der Waals surface area (Å²) in [5, 5.41) is 0. The van der Waals surface area contributed by atoms with Crippen LogP contribution in [0.5, 0.6) is 0 Å². The lowest BCUT2D eigenvalue weighted by Gasteiger charge is -2.34. The molecule has 126 valence electrons. The predicted octanol–water partition coefficient (Wildman–Crippen LogP) is 2.57. The van der Waals surface area contributed by atoms with Gasteiger partial charge in [-0.05, 0) is 12.1 Å². The first-order valence-corrected chi connectivity index (χ1v) is 8.31. The molecule has 1 fully saturated rings. The summed E-state index contributed by atoms with van der Waals surface area (Å²) in [6.45, 7) is 4.05. The Kier molecular flexibility index (Phi) is 4.99. The van der Waals surface area contributed by atoms with Gasteiger partial charge in [-0.15, -0.1) is 0 Å². The summed E-state index contributed by atoms with van der Waals surface area (Å²) in [4.78, 5) is 27.2. The molecule has 0 unspecified atom stereocenters. The van der Waals surface area contributed by atoms with Crippen molar-refractivity contribution >= 4 is 11.8 Å². The normalized spacial score (nSPS) is 14.7. The van der Waals surface area contributed by atoms with Crippen molar-refractivity contribution in [3.63, 3.8) is 0 Å². The standard InChI is InChI=1S/C19H22N2O3/c1-15(22)20-11-13-21(14-12-20)19(23)10-8-17-7-9-18(24-17)16-5-3-2-4-6-16/h2-7,9H,8,10-14H2,1H3. The van der Waals surface area contributed by atoms with Crippen LogP contribution in [0.4, 0.5) is 0 Å². The van der Waals surface area contributed by atoms with Crippen molar-refractivity contribution in [3.05, 3.63) is 48.2 Å². The number of carbonyl (C=O) groups excluding carboxylic acids is 2. The molecule has 5 nitrogen and oxygen atoms in total. The van der Waals surface area contributed by atoms with Gasteiger partial charge < -0.3 is 14.2 Å². The van der Waals surface area contributed by atoms with Crippen LogP contribution in [0.25, 0.3) is 11.3 Å². The maximum absolute atomic E-state index is 12.3. The third-order valence-corrected chi connectivity index (χ3v) is 4.38. The van der Waals surface area contributed by atoms with Crippen LogP contribution in [-0.2, 0) is 16.0 Å². The zero-order valence-electron chi connectivity index (χ0n) is 13.9. The Labute approximate surface area is 141 Å². The molecule has 0 aliphatic carbocycles. The van der Waals surface area contributed by atoms with Crippen molar-refractivity contribution in [3.8, 4) is 11.3 Å². The van der Waals surface area contributed by atoms with Crippen LogP contribution < -0.4 is 0 Å². The van der Waals surface area contributed by atoms with E-state index in [1.54, 1.807) is 11.8 Å². The van der Waals surface area contributed by atoms with E-state index in [9.17, 15) is 9.59 Å². The second-order valence-corrected chi connectivity index (χ2v) is 6.02. The molecule has 0 bridgehead atoms. The third-order valence-electron chi connectivity index (χ3n) is 4.38. The van der Waals surface area contributed by atoms with E-state index < -0.39 is 0 Å². The molecule has 1 saturated heterocycles. The van der Waals surface area contributed by atoms with Crippen molar-refractivity contribution in [1.82, 2.24) is 9.80 Å². The minimum absolute atomic E-state index is 0.0751. The summed E-state index contributed by atoms with van der Waals surface area (Å²) >= 11 is 0. The van der Waals surface area contributed by atoms with Gasteiger partial charge in [-0.25, -0.2) is 0 Å². The third kappa shape index (κ3) is 3.85. The Morgan fingerprint density at radius 2 is 1.62 bits per heavy atom. The zero-order chi connectivity index (χ0) is 16.9.